The molecule has 2 rings (SSSR count). The van der Waals surface area contributed by atoms with Gasteiger partial charge in [0.25, 0.3) is 0 Å². The Labute approximate surface area is 146 Å². The second-order valence-electron chi connectivity index (χ2n) is 7.86. The number of nitrogens with one attached hydrogen (secondary N) is 2. The average Bonchev–Trinajstić information content (AvgIpc) is 2.85. The first-order chi connectivity index (χ1) is 11.5. The van der Waals surface area contributed by atoms with E-state index in [0.29, 0.717) is 6.54 Å². The lowest BCUT2D eigenvalue weighted by molar-refractivity contribution is -0.129. The van der Waals surface area contributed by atoms with Crippen molar-refractivity contribution in [1.82, 2.24) is 15.5 Å². The Balaban J connectivity index is 1.75. The molecule has 0 spiro atoms. The summed E-state index contributed by atoms with van der Waals surface area (Å²) in [6.45, 7) is 0.789. The van der Waals surface area contributed by atoms with E-state index < -0.39 is 0 Å². The highest BCUT2D eigenvalue weighted by Gasteiger charge is 2.33. The summed E-state index contributed by atoms with van der Waals surface area (Å²) in [5.41, 5.74) is 0.0690. The van der Waals surface area contributed by atoms with Gasteiger partial charge in [-0.25, -0.2) is 0 Å². The first kappa shape index (κ1) is 19.2. The van der Waals surface area contributed by atoms with Crippen molar-refractivity contribution in [3.05, 3.63) is 0 Å². The molecule has 2 aliphatic rings. The zero-order valence-electron chi connectivity index (χ0n) is 15.5. The summed E-state index contributed by atoms with van der Waals surface area (Å²) in [4.78, 5) is 26.6. The summed E-state index contributed by atoms with van der Waals surface area (Å²) in [6.07, 6.45) is 12.8. The van der Waals surface area contributed by atoms with E-state index in [2.05, 4.69) is 29.6 Å². The number of rotatable bonds is 6. The summed E-state index contributed by atoms with van der Waals surface area (Å²) in [5.74, 6) is 0.104. The molecule has 2 fully saturated rings. The van der Waals surface area contributed by atoms with Crippen molar-refractivity contribution in [2.45, 2.75) is 76.2 Å². The lowest BCUT2D eigenvalue weighted by Gasteiger charge is -2.39. The van der Waals surface area contributed by atoms with E-state index in [1.54, 1.807) is 0 Å². The van der Waals surface area contributed by atoms with Crippen LogP contribution in [0.3, 0.4) is 0 Å². The molecule has 138 valence electrons. The van der Waals surface area contributed by atoms with Crippen LogP contribution in [-0.4, -0.2) is 49.4 Å². The summed E-state index contributed by atoms with van der Waals surface area (Å²) in [7, 11) is 4.23. The molecular weight excluding hydrogens is 302 g/mol. The topological polar surface area (TPSA) is 61.4 Å². The van der Waals surface area contributed by atoms with Gasteiger partial charge in [0.2, 0.25) is 11.8 Å². The molecule has 0 unspecified atom stereocenters. The zero-order valence-corrected chi connectivity index (χ0v) is 15.5. The first-order valence-electron chi connectivity index (χ1n) is 9.75. The van der Waals surface area contributed by atoms with Crippen LogP contribution in [0.4, 0.5) is 0 Å². The number of hydrogen-bond acceptors (Lipinski definition) is 3. The fourth-order valence-electron chi connectivity index (χ4n) is 4.17. The highest BCUT2D eigenvalue weighted by Crippen LogP contribution is 2.30. The second-order valence-corrected chi connectivity index (χ2v) is 7.86. The van der Waals surface area contributed by atoms with E-state index in [4.69, 9.17) is 0 Å². The Kier molecular flexibility index (Phi) is 7.53. The Bertz CT molecular complexity index is 409. The highest BCUT2D eigenvalue weighted by atomic mass is 16.2. The molecule has 24 heavy (non-hydrogen) atoms. The minimum atomic E-state index is -0.0652. The van der Waals surface area contributed by atoms with Gasteiger partial charge in [-0.05, 0) is 39.8 Å². The maximum absolute atomic E-state index is 12.2. The van der Waals surface area contributed by atoms with Gasteiger partial charge >= 0.3 is 0 Å². The molecule has 0 aromatic carbocycles. The van der Waals surface area contributed by atoms with E-state index in [-0.39, 0.29) is 29.8 Å². The van der Waals surface area contributed by atoms with E-state index in [1.165, 1.54) is 32.1 Å². The number of nitrogens with zero attached hydrogens (tertiary/aromatic N) is 1. The molecule has 2 amide bonds. The Morgan fingerprint density at radius 3 is 2.08 bits per heavy atom. The standard InChI is InChI=1S/C19H35N3O2/c1-22(2)19(12-8-3-4-9-13-19)15-21-17(23)14-20-18(24)16-10-6-5-7-11-16/h16H,3-15H2,1-2H3,(H,20,24)(H,21,23). The minimum absolute atomic E-state index is 0.0571. The van der Waals surface area contributed by atoms with Crippen LogP contribution >= 0.6 is 0 Å². The fourth-order valence-corrected chi connectivity index (χ4v) is 4.17. The van der Waals surface area contributed by atoms with Gasteiger partial charge < -0.3 is 15.5 Å². The SMILES string of the molecule is CN(C)C1(CNC(=O)CNC(=O)C2CCCCC2)CCCCCC1. The van der Waals surface area contributed by atoms with Gasteiger partial charge in [0.15, 0.2) is 0 Å². The third-order valence-electron chi connectivity index (χ3n) is 6.00. The third-order valence-corrected chi connectivity index (χ3v) is 6.00. The summed E-state index contributed by atoms with van der Waals surface area (Å²) < 4.78 is 0. The van der Waals surface area contributed by atoms with Crippen LogP contribution < -0.4 is 10.6 Å². The molecule has 2 aliphatic carbocycles. The molecule has 0 aromatic rings. The molecule has 0 saturated heterocycles. The van der Waals surface area contributed by atoms with Crippen LogP contribution in [0.25, 0.3) is 0 Å². The number of likely N-dealkylation sites (N-methyl/N-ethyl adjacent to an activating group) is 1. The zero-order chi connectivity index (χ0) is 17.4. The number of hydrogen-bond donors (Lipinski definition) is 2. The summed E-state index contributed by atoms with van der Waals surface area (Å²) in [6, 6.07) is 0. The molecule has 0 heterocycles. The van der Waals surface area contributed by atoms with E-state index in [1.807, 2.05) is 0 Å². The van der Waals surface area contributed by atoms with Crippen LogP contribution in [0.1, 0.15) is 70.6 Å². The molecule has 0 atom stereocenters. The number of amides is 2. The van der Waals surface area contributed by atoms with Crippen molar-refractivity contribution in [1.29, 1.82) is 0 Å². The molecule has 0 bridgehead atoms. The van der Waals surface area contributed by atoms with E-state index in [9.17, 15) is 9.59 Å². The Morgan fingerprint density at radius 2 is 1.50 bits per heavy atom. The molecule has 5 nitrogen and oxygen atoms in total. The molecule has 2 N–H and O–H groups in total. The van der Waals surface area contributed by atoms with Crippen LogP contribution in [0.5, 0.6) is 0 Å². The van der Waals surface area contributed by atoms with Crippen LogP contribution in [-0.2, 0) is 9.59 Å². The van der Waals surface area contributed by atoms with Crippen molar-refractivity contribution in [3.8, 4) is 0 Å². The number of carbonyl (C=O) groups excluding carboxylic acids is 2. The molecule has 0 aromatic heterocycles. The quantitative estimate of drug-likeness (QED) is 0.732. The predicted octanol–water partition coefficient (Wildman–Crippen LogP) is 2.45. The van der Waals surface area contributed by atoms with Gasteiger partial charge in [-0.15, -0.1) is 0 Å². The van der Waals surface area contributed by atoms with Gasteiger partial charge in [-0.3, -0.25) is 9.59 Å². The summed E-state index contributed by atoms with van der Waals surface area (Å²) in [5, 5.41) is 5.89. The van der Waals surface area contributed by atoms with Crippen molar-refractivity contribution < 1.29 is 9.59 Å². The molecule has 2 saturated carbocycles. The van der Waals surface area contributed by atoms with Gasteiger partial charge in [-0.1, -0.05) is 44.9 Å². The molecule has 5 heteroatoms. The van der Waals surface area contributed by atoms with Crippen LogP contribution in [0, 0.1) is 5.92 Å². The van der Waals surface area contributed by atoms with Crippen molar-refractivity contribution >= 4 is 11.8 Å². The maximum atomic E-state index is 12.2. The highest BCUT2D eigenvalue weighted by molar-refractivity contribution is 5.85. The third kappa shape index (κ3) is 5.47. The van der Waals surface area contributed by atoms with Crippen molar-refractivity contribution in [2.24, 2.45) is 5.92 Å². The fraction of sp³-hybridized carbons (Fsp3) is 0.895. The number of carbonyl (C=O) groups is 2. The van der Waals surface area contributed by atoms with Crippen molar-refractivity contribution in [2.75, 3.05) is 27.2 Å². The predicted molar refractivity (Wildman–Crippen MR) is 96.7 cm³/mol. The lowest BCUT2D eigenvalue weighted by Crippen LogP contribution is -2.53. The Morgan fingerprint density at radius 1 is 0.917 bits per heavy atom. The van der Waals surface area contributed by atoms with Gasteiger partial charge in [-0.2, -0.15) is 0 Å². The van der Waals surface area contributed by atoms with E-state index in [0.717, 1.165) is 38.5 Å². The largest absolute Gasteiger partial charge is 0.353 e. The van der Waals surface area contributed by atoms with Gasteiger partial charge in [0, 0.05) is 18.0 Å². The second kappa shape index (κ2) is 9.40. The monoisotopic (exact) mass is 337 g/mol. The lowest BCUT2D eigenvalue weighted by atomic mass is 9.88. The smallest absolute Gasteiger partial charge is 0.239 e. The molecular formula is C19H35N3O2. The molecule has 0 radical (unpaired) electrons. The van der Waals surface area contributed by atoms with Gasteiger partial charge in [0.05, 0.1) is 6.54 Å². The van der Waals surface area contributed by atoms with Crippen molar-refractivity contribution in [3.63, 3.8) is 0 Å². The Hall–Kier alpha value is -1.10. The minimum Gasteiger partial charge on any atom is -0.353 e. The van der Waals surface area contributed by atoms with E-state index >= 15 is 0 Å². The molecule has 0 aliphatic heterocycles. The normalized spacial score (nSPS) is 22.0. The average molecular weight is 338 g/mol. The van der Waals surface area contributed by atoms with Gasteiger partial charge in [0.1, 0.15) is 0 Å². The first-order valence-corrected chi connectivity index (χ1v) is 9.75. The van der Waals surface area contributed by atoms with Crippen LogP contribution in [0.15, 0.2) is 0 Å². The van der Waals surface area contributed by atoms with Crippen LogP contribution in [0.2, 0.25) is 0 Å². The summed E-state index contributed by atoms with van der Waals surface area (Å²) >= 11 is 0. The maximum Gasteiger partial charge on any atom is 0.239 e.